The molecule has 0 radical (unpaired) electrons. The van der Waals surface area contributed by atoms with Gasteiger partial charge in [0.15, 0.2) is 0 Å². The zero-order valence-electron chi connectivity index (χ0n) is 10.1. The van der Waals surface area contributed by atoms with Gasteiger partial charge in [-0.25, -0.2) is 4.79 Å². The van der Waals surface area contributed by atoms with Crippen molar-refractivity contribution >= 4 is 11.7 Å². The lowest BCUT2D eigenvalue weighted by molar-refractivity contribution is -0.139. The SMILES string of the molecule is CCOC(=O)C(=[N+]=[N-])c1nnc(-c2ccccc2)o1. The van der Waals surface area contributed by atoms with E-state index in [0.29, 0.717) is 5.56 Å². The Bertz CT molecular complexity index is 629. The van der Waals surface area contributed by atoms with Gasteiger partial charge in [0, 0.05) is 5.56 Å². The predicted molar refractivity (Wildman–Crippen MR) is 64.1 cm³/mol. The highest BCUT2D eigenvalue weighted by molar-refractivity contribution is 6.39. The number of benzene rings is 1. The molecular formula is C12H10N4O3. The van der Waals surface area contributed by atoms with Crippen molar-refractivity contribution in [1.82, 2.24) is 10.2 Å². The van der Waals surface area contributed by atoms with E-state index >= 15 is 0 Å². The molecule has 0 fully saturated rings. The van der Waals surface area contributed by atoms with E-state index in [9.17, 15) is 4.79 Å². The topological polar surface area (TPSA) is 102 Å². The van der Waals surface area contributed by atoms with Gasteiger partial charge in [0.2, 0.25) is 5.89 Å². The molecule has 0 atom stereocenters. The highest BCUT2D eigenvalue weighted by Gasteiger charge is 2.31. The van der Waals surface area contributed by atoms with E-state index in [-0.39, 0.29) is 18.4 Å². The highest BCUT2D eigenvalue weighted by atomic mass is 16.5. The number of hydrogen-bond donors (Lipinski definition) is 0. The second kappa shape index (κ2) is 5.70. The smallest absolute Gasteiger partial charge is 0.457 e. The highest BCUT2D eigenvalue weighted by Crippen LogP contribution is 2.17. The first-order chi connectivity index (χ1) is 9.26. The zero-order chi connectivity index (χ0) is 13.7. The Hall–Kier alpha value is -2.79. The van der Waals surface area contributed by atoms with Crippen molar-refractivity contribution in [2.24, 2.45) is 0 Å². The standard InChI is InChI=1S/C12H10N4O3/c1-2-18-12(17)9(14-13)11-16-15-10(19-11)8-6-4-3-5-7-8/h3-7H,2H2,1H3. The van der Waals surface area contributed by atoms with E-state index < -0.39 is 11.7 Å². The fourth-order valence-electron chi connectivity index (χ4n) is 1.39. The van der Waals surface area contributed by atoms with Crippen LogP contribution in [0.4, 0.5) is 0 Å². The predicted octanol–water partition coefficient (Wildman–Crippen LogP) is 1.32. The van der Waals surface area contributed by atoms with Crippen molar-refractivity contribution < 1.29 is 18.7 Å². The van der Waals surface area contributed by atoms with Crippen molar-refractivity contribution in [3.05, 3.63) is 41.8 Å². The summed E-state index contributed by atoms with van der Waals surface area (Å²) in [5.41, 5.74) is 9.09. The molecule has 0 saturated heterocycles. The molecule has 1 heterocycles. The summed E-state index contributed by atoms with van der Waals surface area (Å²) in [7, 11) is 0. The van der Waals surface area contributed by atoms with Crippen LogP contribution in [0.3, 0.4) is 0 Å². The number of carbonyl (C=O) groups is 1. The Kier molecular flexibility index (Phi) is 3.80. The number of nitrogens with zero attached hydrogens (tertiary/aromatic N) is 4. The molecule has 0 aliphatic rings. The third-order valence-electron chi connectivity index (χ3n) is 2.22. The van der Waals surface area contributed by atoms with Crippen LogP contribution in [0.2, 0.25) is 0 Å². The van der Waals surface area contributed by atoms with Crippen molar-refractivity contribution in [3.8, 4) is 11.5 Å². The van der Waals surface area contributed by atoms with Crippen molar-refractivity contribution in [2.45, 2.75) is 6.92 Å². The van der Waals surface area contributed by atoms with Gasteiger partial charge >= 0.3 is 17.6 Å². The van der Waals surface area contributed by atoms with Crippen LogP contribution in [0.15, 0.2) is 34.7 Å². The van der Waals surface area contributed by atoms with Crippen molar-refractivity contribution in [3.63, 3.8) is 0 Å². The molecule has 0 spiro atoms. The van der Waals surface area contributed by atoms with Crippen LogP contribution in [0, 0.1) is 0 Å². The monoisotopic (exact) mass is 258 g/mol. The van der Waals surface area contributed by atoms with Gasteiger partial charge in [0.25, 0.3) is 0 Å². The van der Waals surface area contributed by atoms with Crippen LogP contribution >= 0.6 is 0 Å². The summed E-state index contributed by atoms with van der Waals surface area (Å²) in [5.74, 6) is -0.797. The molecule has 0 aliphatic carbocycles. The molecule has 0 aliphatic heterocycles. The molecule has 0 N–H and O–H groups in total. The van der Waals surface area contributed by atoms with Crippen LogP contribution in [0.25, 0.3) is 17.0 Å². The molecule has 7 nitrogen and oxygen atoms in total. The number of carbonyl (C=O) groups excluding carboxylic acids is 1. The summed E-state index contributed by atoms with van der Waals surface area (Å²) < 4.78 is 9.98. The molecule has 96 valence electrons. The second-order valence-corrected chi connectivity index (χ2v) is 3.45. The maximum atomic E-state index is 11.5. The molecule has 2 aromatic rings. The molecule has 0 saturated carbocycles. The van der Waals surface area contributed by atoms with E-state index in [1.165, 1.54) is 0 Å². The molecule has 1 aromatic carbocycles. The van der Waals surface area contributed by atoms with Gasteiger partial charge in [-0.05, 0) is 19.1 Å². The van der Waals surface area contributed by atoms with Crippen molar-refractivity contribution in [2.75, 3.05) is 6.61 Å². The molecule has 2 rings (SSSR count). The van der Waals surface area contributed by atoms with Crippen LogP contribution in [0.1, 0.15) is 12.8 Å². The van der Waals surface area contributed by atoms with Crippen molar-refractivity contribution in [1.29, 1.82) is 0 Å². The fourth-order valence-corrected chi connectivity index (χ4v) is 1.39. The summed E-state index contributed by atoms with van der Waals surface area (Å²) in [5, 5.41) is 7.44. The average molecular weight is 258 g/mol. The van der Waals surface area contributed by atoms with Gasteiger partial charge in [0.1, 0.15) is 0 Å². The maximum Gasteiger partial charge on any atom is 0.462 e. The maximum absolute atomic E-state index is 11.5. The minimum atomic E-state index is -0.826. The third kappa shape index (κ3) is 2.72. The first kappa shape index (κ1) is 12.7. The average Bonchev–Trinajstić information content (AvgIpc) is 2.90. The summed E-state index contributed by atoms with van der Waals surface area (Å²) in [6.07, 6.45) is 0. The van der Waals surface area contributed by atoms with Gasteiger partial charge in [0.05, 0.1) is 6.61 Å². The molecule has 19 heavy (non-hydrogen) atoms. The Morgan fingerprint density at radius 3 is 2.74 bits per heavy atom. The van der Waals surface area contributed by atoms with Crippen LogP contribution in [-0.2, 0) is 9.53 Å². The van der Waals surface area contributed by atoms with E-state index in [0.717, 1.165) is 0 Å². The minimum Gasteiger partial charge on any atom is -0.457 e. The normalized spacial score (nSPS) is 9.74. The Morgan fingerprint density at radius 2 is 2.11 bits per heavy atom. The van der Waals surface area contributed by atoms with Gasteiger partial charge in [-0.2, -0.15) is 4.79 Å². The molecule has 1 aromatic heterocycles. The number of esters is 1. The Morgan fingerprint density at radius 1 is 1.37 bits per heavy atom. The van der Waals surface area contributed by atoms with Crippen LogP contribution in [0.5, 0.6) is 0 Å². The summed E-state index contributed by atoms with van der Waals surface area (Å²) in [6.45, 7) is 1.79. The van der Waals surface area contributed by atoms with Crippen LogP contribution < -0.4 is 0 Å². The lowest BCUT2D eigenvalue weighted by atomic mass is 10.2. The largest absolute Gasteiger partial charge is 0.462 e. The molecule has 0 unspecified atom stereocenters. The van der Waals surface area contributed by atoms with Gasteiger partial charge in [-0.1, -0.05) is 23.3 Å². The van der Waals surface area contributed by atoms with E-state index in [2.05, 4.69) is 15.0 Å². The van der Waals surface area contributed by atoms with E-state index in [4.69, 9.17) is 14.7 Å². The fraction of sp³-hybridized carbons (Fsp3) is 0.167. The van der Waals surface area contributed by atoms with Crippen LogP contribution in [-0.4, -0.2) is 33.3 Å². The van der Waals surface area contributed by atoms with E-state index in [1.807, 2.05) is 18.2 Å². The van der Waals surface area contributed by atoms with Gasteiger partial charge in [-0.15, -0.1) is 5.10 Å². The number of hydrogen-bond acceptors (Lipinski definition) is 5. The lowest BCUT2D eigenvalue weighted by Crippen LogP contribution is -2.20. The quantitative estimate of drug-likeness (QED) is 0.356. The van der Waals surface area contributed by atoms with E-state index in [1.54, 1.807) is 19.1 Å². The summed E-state index contributed by atoms with van der Waals surface area (Å²) in [4.78, 5) is 14.3. The number of aromatic nitrogens is 2. The first-order valence-corrected chi connectivity index (χ1v) is 5.54. The third-order valence-corrected chi connectivity index (χ3v) is 2.22. The molecular weight excluding hydrogens is 248 g/mol. The summed E-state index contributed by atoms with van der Waals surface area (Å²) >= 11 is 0. The lowest BCUT2D eigenvalue weighted by Gasteiger charge is -1.93. The van der Waals surface area contributed by atoms with Gasteiger partial charge in [-0.3, -0.25) is 0 Å². The Labute approximate surface area is 108 Å². The molecule has 0 amide bonds. The minimum absolute atomic E-state index is 0.150. The van der Waals surface area contributed by atoms with Gasteiger partial charge < -0.3 is 14.7 Å². The second-order valence-electron chi connectivity index (χ2n) is 3.45. The molecule has 7 heteroatoms. The number of rotatable bonds is 4. The number of ether oxygens (including phenoxy) is 1. The molecule has 0 bridgehead atoms. The first-order valence-electron chi connectivity index (χ1n) is 5.54. The zero-order valence-corrected chi connectivity index (χ0v) is 10.1. The Balaban J connectivity index is 2.31. The summed E-state index contributed by atoms with van der Waals surface area (Å²) in [6, 6.07) is 9.02.